The number of hydrogen-bond acceptors (Lipinski definition) is 3. The Balaban J connectivity index is 1.86. The SMILES string of the molecule is CC(NCc1ccc(N)c(Br)c1)C1CCOC1. The van der Waals surface area contributed by atoms with Crippen molar-refractivity contribution in [1.29, 1.82) is 0 Å². The van der Waals surface area contributed by atoms with Gasteiger partial charge in [0.15, 0.2) is 0 Å². The number of nitrogens with two attached hydrogens (primary N) is 1. The van der Waals surface area contributed by atoms with Crippen molar-refractivity contribution in [2.75, 3.05) is 18.9 Å². The fourth-order valence-corrected chi connectivity index (χ4v) is 2.50. The summed E-state index contributed by atoms with van der Waals surface area (Å²) in [7, 11) is 0. The molecule has 17 heavy (non-hydrogen) atoms. The van der Waals surface area contributed by atoms with E-state index in [9.17, 15) is 0 Å². The molecule has 0 aromatic heterocycles. The quantitative estimate of drug-likeness (QED) is 0.840. The zero-order chi connectivity index (χ0) is 12.3. The molecule has 0 radical (unpaired) electrons. The molecule has 0 aliphatic carbocycles. The highest BCUT2D eigenvalue weighted by Gasteiger charge is 2.21. The van der Waals surface area contributed by atoms with E-state index in [1.165, 1.54) is 12.0 Å². The molecule has 1 fully saturated rings. The van der Waals surface area contributed by atoms with Crippen LogP contribution in [-0.4, -0.2) is 19.3 Å². The first-order valence-corrected chi connectivity index (χ1v) is 6.81. The van der Waals surface area contributed by atoms with Crippen LogP contribution in [0.4, 0.5) is 5.69 Å². The Morgan fingerprint density at radius 2 is 2.41 bits per heavy atom. The maximum atomic E-state index is 5.76. The summed E-state index contributed by atoms with van der Waals surface area (Å²) in [4.78, 5) is 0. The Hall–Kier alpha value is -0.580. The molecule has 0 amide bonds. The van der Waals surface area contributed by atoms with Crippen LogP contribution in [0.5, 0.6) is 0 Å². The summed E-state index contributed by atoms with van der Waals surface area (Å²) < 4.78 is 6.37. The van der Waals surface area contributed by atoms with Crippen molar-refractivity contribution >= 4 is 21.6 Å². The summed E-state index contributed by atoms with van der Waals surface area (Å²) in [6, 6.07) is 6.56. The van der Waals surface area contributed by atoms with E-state index in [2.05, 4.69) is 40.3 Å². The third-order valence-electron chi connectivity index (χ3n) is 3.37. The minimum Gasteiger partial charge on any atom is -0.398 e. The van der Waals surface area contributed by atoms with E-state index in [4.69, 9.17) is 10.5 Å². The standard InChI is InChI=1S/C13H19BrN2O/c1-9(11-4-5-17-8-11)16-7-10-2-3-13(15)12(14)6-10/h2-3,6,9,11,16H,4-5,7-8,15H2,1H3. The van der Waals surface area contributed by atoms with Crippen LogP contribution >= 0.6 is 15.9 Å². The molecule has 0 saturated carbocycles. The molecule has 0 spiro atoms. The number of ether oxygens (including phenoxy) is 1. The average molecular weight is 299 g/mol. The first-order valence-electron chi connectivity index (χ1n) is 6.02. The highest BCUT2D eigenvalue weighted by Crippen LogP contribution is 2.21. The fraction of sp³-hybridized carbons (Fsp3) is 0.538. The third kappa shape index (κ3) is 3.44. The monoisotopic (exact) mass is 298 g/mol. The molecule has 4 heteroatoms. The van der Waals surface area contributed by atoms with Crippen molar-refractivity contribution in [2.45, 2.75) is 25.9 Å². The summed E-state index contributed by atoms with van der Waals surface area (Å²) >= 11 is 3.45. The molecule has 2 atom stereocenters. The second kappa shape index (κ2) is 5.85. The largest absolute Gasteiger partial charge is 0.398 e. The number of nitrogens with one attached hydrogen (secondary N) is 1. The van der Waals surface area contributed by atoms with Gasteiger partial charge in [-0.25, -0.2) is 0 Å². The van der Waals surface area contributed by atoms with Crippen LogP contribution in [0.3, 0.4) is 0 Å². The molecule has 1 aliphatic rings. The molecule has 1 aromatic rings. The number of rotatable bonds is 4. The lowest BCUT2D eigenvalue weighted by molar-refractivity contribution is 0.178. The second-order valence-electron chi connectivity index (χ2n) is 4.65. The Labute approximate surface area is 111 Å². The van der Waals surface area contributed by atoms with Crippen molar-refractivity contribution in [1.82, 2.24) is 5.32 Å². The van der Waals surface area contributed by atoms with Gasteiger partial charge < -0.3 is 15.8 Å². The molecular formula is C13H19BrN2O. The van der Waals surface area contributed by atoms with E-state index in [0.717, 1.165) is 29.9 Å². The van der Waals surface area contributed by atoms with Gasteiger partial charge in [-0.15, -0.1) is 0 Å². The lowest BCUT2D eigenvalue weighted by Gasteiger charge is -2.19. The Kier molecular flexibility index (Phi) is 4.42. The Morgan fingerprint density at radius 3 is 3.06 bits per heavy atom. The summed E-state index contributed by atoms with van der Waals surface area (Å²) in [5, 5.41) is 3.55. The molecule has 1 heterocycles. The van der Waals surface area contributed by atoms with E-state index in [1.807, 2.05) is 6.07 Å². The van der Waals surface area contributed by atoms with Gasteiger partial charge in [-0.05, 0) is 52.9 Å². The van der Waals surface area contributed by atoms with Crippen molar-refractivity contribution in [3.05, 3.63) is 28.2 Å². The van der Waals surface area contributed by atoms with Gasteiger partial charge in [0.05, 0.1) is 6.61 Å². The van der Waals surface area contributed by atoms with Crippen LogP contribution in [0, 0.1) is 5.92 Å². The summed E-state index contributed by atoms with van der Waals surface area (Å²) in [5.74, 6) is 0.646. The molecular weight excluding hydrogens is 280 g/mol. The minimum atomic E-state index is 0.494. The molecule has 2 unspecified atom stereocenters. The molecule has 0 bridgehead atoms. The first kappa shape index (κ1) is 12.9. The van der Waals surface area contributed by atoms with E-state index >= 15 is 0 Å². The van der Waals surface area contributed by atoms with Gasteiger partial charge in [-0.2, -0.15) is 0 Å². The smallest absolute Gasteiger partial charge is 0.0509 e. The molecule has 3 N–H and O–H groups in total. The van der Waals surface area contributed by atoms with Gasteiger partial charge in [0.1, 0.15) is 0 Å². The van der Waals surface area contributed by atoms with E-state index < -0.39 is 0 Å². The van der Waals surface area contributed by atoms with E-state index in [1.54, 1.807) is 0 Å². The zero-order valence-electron chi connectivity index (χ0n) is 10.1. The van der Waals surface area contributed by atoms with Crippen molar-refractivity contribution in [3.63, 3.8) is 0 Å². The normalized spacial score (nSPS) is 21.6. The lowest BCUT2D eigenvalue weighted by atomic mass is 10.0. The maximum absolute atomic E-state index is 5.76. The van der Waals surface area contributed by atoms with Gasteiger partial charge in [0, 0.05) is 29.4 Å². The zero-order valence-corrected chi connectivity index (χ0v) is 11.7. The molecule has 2 rings (SSSR count). The second-order valence-corrected chi connectivity index (χ2v) is 5.50. The summed E-state index contributed by atoms with van der Waals surface area (Å²) in [6.07, 6.45) is 1.17. The van der Waals surface area contributed by atoms with Crippen LogP contribution < -0.4 is 11.1 Å². The summed E-state index contributed by atoms with van der Waals surface area (Å²) in [5.41, 5.74) is 7.79. The van der Waals surface area contributed by atoms with Crippen LogP contribution in [0.1, 0.15) is 18.9 Å². The highest BCUT2D eigenvalue weighted by atomic mass is 79.9. The van der Waals surface area contributed by atoms with Gasteiger partial charge >= 0.3 is 0 Å². The number of halogens is 1. The molecule has 1 saturated heterocycles. The van der Waals surface area contributed by atoms with E-state index in [-0.39, 0.29) is 0 Å². The number of nitrogen functional groups attached to an aromatic ring is 1. The van der Waals surface area contributed by atoms with Gasteiger partial charge in [-0.1, -0.05) is 6.07 Å². The topological polar surface area (TPSA) is 47.3 Å². The number of anilines is 1. The fourth-order valence-electron chi connectivity index (χ4n) is 2.07. The van der Waals surface area contributed by atoms with Crippen LogP contribution in [-0.2, 0) is 11.3 Å². The molecule has 3 nitrogen and oxygen atoms in total. The van der Waals surface area contributed by atoms with Crippen LogP contribution in [0.2, 0.25) is 0 Å². The predicted molar refractivity (Wildman–Crippen MR) is 73.8 cm³/mol. The number of hydrogen-bond donors (Lipinski definition) is 2. The van der Waals surface area contributed by atoms with Gasteiger partial charge in [0.25, 0.3) is 0 Å². The molecule has 1 aromatic carbocycles. The average Bonchev–Trinajstić information content (AvgIpc) is 2.84. The lowest BCUT2D eigenvalue weighted by Crippen LogP contribution is -2.33. The van der Waals surface area contributed by atoms with E-state index in [0.29, 0.717) is 12.0 Å². The highest BCUT2D eigenvalue weighted by molar-refractivity contribution is 9.10. The summed E-state index contributed by atoms with van der Waals surface area (Å²) in [6.45, 7) is 4.89. The Bertz CT molecular complexity index is 378. The van der Waals surface area contributed by atoms with Crippen LogP contribution in [0.25, 0.3) is 0 Å². The third-order valence-corrected chi connectivity index (χ3v) is 4.05. The van der Waals surface area contributed by atoms with Crippen LogP contribution in [0.15, 0.2) is 22.7 Å². The number of benzene rings is 1. The Morgan fingerprint density at radius 1 is 1.59 bits per heavy atom. The molecule has 94 valence electrons. The first-order chi connectivity index (χ1) is 8.16. The van der Waals surface area contributed by atoms with Crippen molar-refractivity contribution in [2.24, 2.45) is 5.92 Å². The maximum Gasteiger partial charge on any atom is 0.0509 e. The molecule has 1 aliphatic heterocycles. The minimum absolute atomic E-state index is 0.494. The van der Waals surface area contributed by atoms with Gasteiger partial charge in [-0.3, -0.25) is 0 Å². The predicted octanol–water partition coefficient (Wildman–Crippen LogP) is 2.55. The van der Waals surface area contributed by atoms with Crippen molar-refractivity contribution < 1.29 is 4.74 Å². The van der Waals surface area contributed by atoms with Gasteiger partial charge in [0.2, 0.25) is 0 Å². The van der Waals surface area contributed by atoms with Crippen molar-refractivity contribution in [3.8, 4) is 0 Å².